The van der Waals surface area contributed by atoms with Gasteiger partial charge in [0.1, 0.15) is 0 Å². The summed E-state index contributed by atoms with van der Waals surface area (Å²) in [4.78, 5) is 15.9. The maximum absolute atomic E-state index is 13.5. The van der Waals surface area contributed by atoms with Crippen molar-refractivity contribution in [3.05, 3.63) is 70.2 Å². The number of carbonyl (C=O) groups excluding carboxylic acids is 1. The van der Waals surface area contributed by atoms with E-state index in [2.05, 4.69) is 42.8 Å². The molecular formula is C32H50N8O2S. The first-order chi connectivity index (χ1) is 20.2. The van der Waals surface area contributed by atoms with E-state index in [1.54, 1.807) is 25.4 Å². The Morgan fingerprint density at radius 2 is 1.74 bits per heavy atom. The number of anilines is 3. The fraction of sp³-hybridized carbons (Fsp3) is 0.469. The molecule has 0 aliphatic carbocycles. The molecule has 8 N–H and O–H groups in total. The Balaban J connectivity index is 1.87. The van der Waals surface area contributed by atoms with Crippen molar-refractivity contribution in [2.24, 2.45) is 17.4 Å². The Kier molecular flexibility index (Phi) is 11.4. The Hall–Kier alpha value is -3.38. The molecule has 0 spiro atoms. The molecular weight excluding hydrogens is 560 g/mol. The van der Waals surface area contributed by atoms with Crippen LogP contribution in [0.5, 0.6) is 5.75 Å². The third-order valence-electron chi connectivity index (χ3n) is 8.09. The number of carbonyl (C=O) groups is 1. The smallest absolute Gasteiger partial charge is 0.255 e. The van der Waals surface area contributed by atoms with Crippen molar-refractivity contribution in [1.82, 2.24) is 9.91 Å². The lowest BCUT2D eigenvalue weighted by atomic mass is 9.86. The minimum atomic E-state index is -0.283. The van der Waals surface area contributed by atoms with Crippen LogP contribution in [-0.2, 0) is 5.41 Å². The van der Waals surface area contributed by atoms with E-state index >= 15 is 0 Å². The van der Waals surface area contributed by atoms with Gasteiger partial charge in [-0.15, -0.1) is 0 Å². The van der Waals surface area contributed by atoms with E-state index in [0.717, 1.165) is 54.0 Å². The van der Waals surface area contributed by atoms with E-state index in [1.807, 2.05) is 50.2 Å². The second-order valence-corrected chi connectivity index (χ2v) is 12.9. The fourth-order valence-electron chi connectivity index (χ4n) is 5.05. The number of likely N-dealkylation sites (tertiary alicyclic amines) is 1. The van der Waals surface area contributed by atoms with Crippen molar-refractivity contribution >= 4 is 34.9 Å². The van der Waals surface area contributed by atoms with Crippen LogP contribution in [0, 0.1) is 6.92 Å². The minimum Gasteiger partial charge on any atom is -0.492 e. The molecule has 0 aromatic heterocycles. The number of ether oxygens (including phenoxy) is 1. The van der Waals surface area contributed by atoms with Gasteiger partial charge >= 0.3 is 0 Å². The van der Waals surface area contributed by atoms with Crippen LogP contribution >= 0.6 is 11.9 Å². The highest BCUT2D eigenvalue weighted by Gasteiger charge is 2.24. The number of piperidine rings is 1. The highest BCUT2D eigenvalue weighted by molar-refractivity contribution is 7.99. The zero-order valence-electron chi connectivity index (χ0n) is 27.2. The standard InChI is InChI=1S/C32H50N8O2S/c1-20-10-11-23(31(41)36-27-17-24(32(4,5)6)18-28(37-43-9)30(27)42-8)16-29(20)39(34)19-26(33)21(2)22(3)40(35)25-12-14-38(7)15-13-25/h10-11,16-19,25,37H,12-15,33-35H2,1-9H3,(H,36,41)/b22-21+,26-19-. The summed E-state index contributed by atoms with van der Waals surface area (Å²) in [5.74, 6) is 13.3. The van der Waals surface area contributed by atoms with Gasteiger partial charge in [0.05, 0.1) is 29.9 Å². The first-order valence-corrected chi connectivity index (χ1v) is 15.7. The lowest BCUT2D eigenvalue weighted by molar-refractivity contribution is 0.102. The number of aryl methyl sites for hydroxylation is 1. The van der Waals surface area contributed by atoms with E-state index in [-0.39, 0.29) is 17.4 Å². The predicted octanol–water partition coefficient (Wildman–Crippen LogP) is 5.29. The zero-order chi connectivity index (χ0) is 32.1. The number of hydrogen-bond acceptors (Lipinski definition) is 10. The van der Waals surface area contributed by atoms with Crippen LogP contribution in [0.4, 0.5) is 17.1 Å². The third kappa shape index (κ3) is 8.38. The molecule has 1 heterocycles. The van der Waals surface area contributed by atoms with Gasteiger partial charge in [-0.1, -0.05) is 38.8 Å². The van der Waals surface area contributed by atoms with E-state index in [9.17, 15) is 4.79 Å². The molecule has 0 atom stereocenters. The summed E-state index contributed by atoms with van der Waals surface area (Å²) < 4.78 is 8.97. The maximum atomic E-state index is 13.5. The average Bonchev–Trinajstić information content (AvgIpc) is 2.96. The van der Waals surface area contributed by atoms with Gasteiger partial charge in [0.2, 0.25) is 0 Å². The molecule has 1 aliphatic rings. The summed E-state index contributed by atoms with van der Waals surface area (Å²) in [6, 6.07) is 9.68. The summed E-state index contributed by atoms with van der Waals surface area (Å²) in [6.07, 6.45) is 5.61. The van der Waals surface area contributed by atoms with E-state index in [4.69, 9.17) is 22.2 Å². The van der Waals surface area contributed by atoms with Crippen molar-refractivity contribution in [3.63, 3.8) is 0 Å². The number of hydrogen-bond donors (Lipinski definition) is 5. The minimum absolute atomic E-state index is 0.136. The van der Waals surface area contributed by atoms with Gasteiger partial charge in [-0.25, -0.2) is 11.7 Å². The SMILES string of the molecule is COc1c(NSC)cc(C(C)(C)C)cc1NC(=O)c1ccc(C)c(N(N)/C=C(N)/C(C)=C(\C)N(N)C2CCN(C)CC2)c1. The number of nitrogens with two attached hydrogens (primary N) is 3. The summed E-state index contributed by atoms with van der Waals surface area (Å²) in [6.45, 7) is 14.3. The predicted molar refractivity (Wildman–Crippen MR) is 182 cm³/mol. The molecule has 2 aromatic carbocycles. The average molecular weight is 611 g/mol. The van der Waals surface area contributed by atoms with Crippen molar-refractivity contribution < 1.29 is 9.53 Å². The molecule has 1 saturated heterocycles. The lowest BCUT2D eigenvalue weighted by Gasteiger charge is -2.36. The number of amides is 1. The van der Waals surface area contributed by atoms with Gasteiger partial charge in [0.25, 0.3) is 5.91 Å². The Bertz CT molecular complexity index is 1360. The summed E-state index contributed by atoms with van der Waals surface area (Å²) in [7, 11) is 3.72. The molecule has 0 bridgehead atoms. The number of rotatable bonds is 10. The van der Waals surface area contributed by atoms with Crippen LogP contribution in [-0.4, -0.2) is 55.4 Å². The summed E-state index contributed by atoms with van der Waals surface area (Å²) in [5.41, 5.74) is 13.1. The number of benzene rings is 2. The van der Waals surface area contributed by atoms with E-state index < -0.39 is 0 Å². The molecule has 1 amide bonds. The molecule has 0 unspecified atom stereocenters. The first kappa shape index (κ1) is 34.1. The third-order valence-corrected chi connectivity index (χ3v) is 8.52. The second kappa shape index (κ2) is 14.4. The fourth-order valence-corrected chi connectivity index (χ4v) is 5.42. The molecule has 1 aliphatic heterocycles. The van der Waals surface area contributed by atoms with Gasteiger partial charge in [-0.3, -0.25) is 9.80 Å². The van der Waals surface area contributed by atoms with Gasteiger partial charge < -0.3 is 30.4 Å². The van der Waals surface area contributed by atoms with Crippen LogP contribution in [0.15, 0.2) is 53.5 Å². The van der Waals surface area contributed by atoms with Gasteiger partial charge in [-0.05, 0) is 100 Å². The zero-order valence-corrected chi connectivity index (χ0v) is 28.0. The van der Waals surface area contributed by atoms with Crippen LogP contribution in [0.3, 0.4) is 0 Å². The molecule has 0 radical (unpaired) electrons. The number of hydrazine groups is 2. The number of methoxy groups -OCH3 is 1. The molecule has 1 fully saturated rings. The number of nitrogens with zero attached hydrogens (tertiary/aromatic N) is 3. The van der Waals surface area contributed by atoms with Crippen molar-refractivity contribution in [1.29, 1.82) is 0 Å². The summed E-state index contributed by atoms with van der Waals surface area (Å²) in [5, 5.41) is 6.34. The number of nitrogens with one attached hydrogen (secondary N) is 2. The maximum Gasteiger partial charge on any atom is 0.255 e. The Morgan fingerprint density at radius 1 is 1.12 bits per heavy atom. The first-order valence-electron chi connectivity index (χ1n) is 14.5. The van der Waals surface area contributed by atoms with Crippen molar-refractivity contribution in [2.75, 3.05) is 48.6 Å². The molecule has 10 nitrogen and oxygen atoms in total. The molecule has 2 aromatic rings. The highest BCUT2D eigenvalue weighted by Crippen LogP contribution is 2.40. The van der Waals surface area contributed by atoms with Gasteiger partial charge in [0.15, 0.2) is 5.75 Å². The van der Waals surface area contributed by atoms with Crippen molar-refractivity contribution in [2.45, 2.75) is 65.8 Å². The summed E-state index contributed by atoms with van der Waals surface area (Å²) >= 11 is 1.46. The molecule has 3 rings (SSSR count). The quantitative estimate of drug-likeness (QED) is 0.104. The van der Waals surface area contributed by atoms with E-state index in [1.165, 1.54) is 17.0 Å². The topological polar surface area (TPSA) is 138 Å². The van der Waals surface area contributed by atoms with Crippen molar-refractivity contribution in [3.8, 4) is 5.75 Å². The molecule has 11 heteroatoms. The van der Waals surface area contributed by atoms with Crippen LogP contribution in [0.1, 0.15) is 68.9 Å². The number of allylic oxidation sites excluding steroid dienone is 2. The molecule has 236 valence electrons. The molecule has 43 heavy (non-hydrogen) atoms. The second-order valence-electron chi connectivity index (χ2n) is 12.3. The van der Waals surface area contributed by atoms with Gasteiger partial charge in [-0.2, -0.15) is 0 Å². The lowest BCUT2D eigenvalue weighted by Crippen LogP contribution is -2.46. The molecule has 0 saturated carbocycles. The van der Waals surface area contributed by atoms with Gasteiger partial charge in [0, 0.05) is 29.8 Å². The van der Waals surface area contributed by atoms with Crippen LogP contribution in [0.25, 0.3) is 0 Å². The normalized spacial score (nSPS) is 15.6. The monoisotopic (exact) mass is 610 g/mol. The Labute approximate surface area is 261 Å². The largest absolute Gasteiger partial charge is 0.492 e. The van der Waals surface area contributed by atoms with Crippen LogP contribution in [0.2, 0.25) is 0 Å². The van der Waals surface area contributed by atoms with E-state index in [0.29, 0.717) is 28.4 Å². The van der Waals surface area contributed by atoms with Crippen LogP contribution < -0.4 is 37.2 Å². The Morgan fingerprint density at radius 3 is 2.33 bits per heavy atom. The highest BCUT2D eigenvalue weighted by atomic mass is 32.2.